The zero-order valence-corrected chi connectivity index (χ0v) is 38.1. The van der Waals surface area contributed by atoms with Gasteiger partial charge in [0.25, 0.3) is 5.91 Å². The number of nitrogens with one attached hydrogen (secondary N) is 2. The molecule has 5 amide bonds. The van der Waals surface area contributed by atoms with Gasteiger partial charge in [0.15, 0.2) is 0 Å². The molecule has 11 nitrogen and oxygen atoms in total. The van der Waals surface area contributed by atoms with Crippen molar-refractivity contribution in [3.63, 3.8) is 0 Å². The molecule has 5 aromatic carbocycles. The molecule has 0 radical (unpaired) electrons. The lowest BCUT2D eigenvalue weighted by molar-refractivity contribution is -0.135. The molecule has 4 saturated heterocycles. The van der Waals surface area contributed by atoms with Crippen molar-refractivity contribution in [3.8, 4) is 11.8 Å². The van der Waals surface area contributed by atoms with Gasteiger partial charge in [0.1, 0.15) is 11.9 Å². The Balaban J connectivity index is 0.706. The largest absolute Gasteiger partial charge is 0.352 e. The Labute approximate surface area is 391 Å². The number of fused-ring (bicyclic) bond motifs is 1. The van der Waals surface area contributed by atoms with E-state index in [1.54, 1.807) is 11.0 Å². The van der Waals surface area contributed by atoms with Gasteiger partial charge in [-0.2, -0.15) is 0 Å². The summed E-state index contributed by atoms with van der Waals surface area (Å²) < 4.78 is 13.6. The number of benzene rings is 5. The predicted molar refractivity (Wildman–Crippen MR) is 256 cm³/mol. The van der Waals surface area contributed by atoms with Crippen LogP contribution in [0, 0.1) is 29.5 Å². The average Bonchev–Trinajstić information content (AvgIpc) is 3.64. The maximum Gasteiger partial charge on any atom is 0.259 e. The molecule has 344 valence electrons. The van der Waals surface area contributed by atoms with Crippen LogP contribution in [0.4, 0.5) is 10.1 Å². The highest BCUT2D eigenvalue weighted by Gasteiger charge is 2.41. The third-order valence-corrected chi connectivity index (χ3v) is 15.1. The first-order valence-electron chi connectivity index (χ1n) is 24.1. The van der Waals surface area contributed by atoms with Crippen molar-refractivity contribution in [3.05, 3.63) is 125 Å². The molecule has 10 rings (SSSR count). The van der Waals surface area contributed by atoms with E-state index in [0.717, 1.165) is 97.7 Å². The first kappa shape index (κ1) is 44.4. The number of hydrogen-bond donors (Lipinski definition) is 2. The molecule has 0 aliphatic carbocycles. The Hall–Kier alpha value is -6.42. The number of imide groups is 1. The van der Waals surface area contributed by atoms with Crippen molar-refractivity contribution < 1.29 is 28.4 Å². The molecular weight excluding hydrogens is 844 g/mol. The Morgan fingerprint density at radius 2 is 1.54 bits per heavy atom. The van der Waals surface area contributed by atoms with Crippen molar-refractivity contribution in [1.82, 2.24) is 25.3 Å². The molecular formula is C55H57FN6O5. The lowest BCUT2D eigenvalue weighted by atomic mass is 9.85. The van der Waals surface area contributed by atoms with E-state index in [-0.39, 0.29) is 59.7 Å². The Morgan fingerprint density at radius 1 is 0.791 bits per heavy atom. The van der Waals surface area contributed by atoms with E-state index < -0.39 is 11.9 Å². The van der Waals surface area contributed by atoms with Gasteiger partial charge in [0, 0.05) is 60.4 Å². The quantitative estimate of drug-likeness (QED) is 0.116. The summed E-state index contributed by atoms with van der Waals surface area (Å²) in [5, 5.41) is 9.66. The number of rotatable bonds is 9. The number of carbonyl (C=O) groups is 5. The van der Waals surface area contributed by atoms with E-state index in [9.17, 15) is 28.4 Å². The van der Waals surface area contributed by atoms with E-state index in [1.807, 2.05) is 29.2 Å². The van der Waals surface area contributed by atoms with Crippen LogP contribution in [0.1, 0.15) is 103 Å². The standard InChI is InChI=1S/C55H57FN6O5/c1-35(60-30-24-40(25-31-60)53(65)57-33-37-6-4-7-41(56)32-37)42-15-14-38(43-8-2-3-9-45(42)43)13-12-36-20-28-61(29-21-36)51(64)34-59-26-22-39(23-27-59)44-16-17-47-52-46(44)10-5-11-48(52)62(55(47)67)49-18-19-50(63)58-54(49)66/h2-11,14-17,32,35-36,39-40,49H,18-31,33-34H2,1H3,(H,57,65)(H,58,63,66). The van der Waals surface area contributed by atoms with Crippen LogP contribution in [-0.2, 0) is 25.7 Å². The highest BCUT2D eigenvalue weighted by atomic mass is 19.1. The fourth-order valence-corrected chi connectivity index (χ4v) is 11.3. The summed E-state index contributed by atoms with van der Waals surface area (Å²) in [6.07, 6.45) is 5.58. The van der Waals surface area contributed by atoms with Gasteiger partial charge >= 0.3 is 0 Å². The molecule has 2 N–H and O–H groups in total. The zero-order chi connectivity index (χ0) is 46.2. The number of likely N-dealkylation sites (tertiary alicyclic amines) is 3. The van der Waals surface area contributed by atoms with Crippen molar-refractivity contribution in [2.24, 2.45) is 11.8 Å². The first-order valence-corrected chi connectivity index (χ1v) is 24.1. The molecule has 0 saturated carbocycles. The fraction of sp³-hybridized carbons (Fsp3) is 0.400. The minimum Gasteiger partial charge on any atom is -0.352 e. The summed E-state index contributed by atoms with van der Waals surface area (Å²) in [5.74, 6) is 6.53. The molecule has 5 aromatic rings. The summed E-state index contributed by atoms with van der Waals surface area (Å²) in [6.45, 7) is 7.66. The van der Waals surface area contributed by atoms with Crippen LogP contribution in [0.15, 0.2) is 91.0 Å². The summed E-state index contributed by atoms with van der Waals surface area (Å²) in [7, 11) is 0. The van der Waals surface area contributed by atoms with Crippen molar-refractivity contribution in [1.29, 1.82) is 0 Å². The number of halogens is 1. The van der Waals surface area contributed by atoms with E-state index in [1.165, 1.54) is 28.6 Å². The summed E-state index contributed by atoms with van der Waals surface area (Å²) >= 11 is 0. The summed E-state index contributed by atoms with van der Waals surface area (Å²) in [4.78, 5) is 73.2. The predicted octanol–water partition coefficient (Wildman–Crippen LogP) is 7.46. The van der Waals surface area contributed by atoms with Gasteiger partial charge in [-0.25, -0.2) is 4.39 Å². The number of anilines is 1. The van der Waals surface area contributed by atoms with Crippen LogP contribution in [0.3, 0.4) is 0 Å². The summed E-state index contributed by atoms with van der Waals surface area (Å²) in [5.41, 5.74) is 5.56. The van der Waals surface area contributed by atoms with Gasteiger partial charge in [-0.05, 0) is 147 Å². The highest BCUT2D eigenvalue weighted by Crippen LogP contribution is 2.44. The Morgan fingerprint density at radius 3 is 2.30 bits per heavy atom. The maximum absolute atomic E-state index is 13.6. The zero-order valence-electron chi connectivity index (χ0n) is 38.1. The molecule has 12 heteroatoms. The van der Waals surface area contributed by atoms with Crippen molar-refractivity contribution in [2.45, 2.75) is 82.8 Å². The average molecular weight is 901 g/mol. The molecule has 4 fully saturated rings. The molecule has 5 aliphatic rings. The molecule has 67 heavy (non-hydrogen) atoms. The molecule has 2 unspecified atom stereocenters. The fourth-order valence-electron chi connectivity index (χ4n) is 11.3. The second-order valence-electron chi connectivity index (χ2n) is 19.1. The van der Waals surface area contributed by atoms with E-state index >= 15 is 0 Å². The normalized spacial score (nSPS) is 20.5. The maximum atomic E-state index is 13.6. The van der Waals surface area contributed by atoms with Gasteiger partial charge in [-0.15, -0.1) is 0 Å². The molecule has 0 spiro atoms. The highest BCUT2D eigenvalue weighted by molar-refractivity contribution is 6.27. The molecule has 0 bridgehead atoms. The lowest BCUT2D eigenvalue weighted by Gasteiger charge is -2.36. The Bertz CT molecular complexity index is 2830. The topological polar surface area (TPSA) is 122 Å². The molecule has 5 heterocycles. The van der Waals surface area contributed by atoms with Gasteiger partial charge in [-0.1, -0.05) is 72.5 Å². The van der Waals surface area contributed by atoms with E-state index in [2.05, 4.69) is 87.7 Å². The van der Waals surface area contributed by atoms with Crippen LogP contribution in [0.2, 0.25) is 0 Å². The minimum atomic E-state index is -0.709. The van der Waals surface area contributed by atoms with Crippen LogP contribution in [0.25, 0.3) is 21.5 Å². The number of piperidine rings is 4. The van der Waals surface area contributed by atoms with E-state index in [4.69, 9.17) is 0 Å². The number of amides is 5. The third-order valence-electron chi connectivity index (χ3n) is 15.1. The second-order valence-corrected chi connectivity index (χ2v) is 19.1. The Kier molecular flexibility index (Phi) is 12.6. The van der Waals surface area contributed by atoms with Crippen molar-refractivity contribution >= 4 is 56.8 Å². The second kappa shape index (κ2) is 19.1. The molecule has 5 aliphatic heterocycles. The van der Waals surface area contributed by atoms with Gasteiger partial charge in [0.05, 0.1) is 12.2 Å². The van der Waals surface area contributed by atoms with Crippen LogP contribution >= 0.6 is 0 Å². The van der Waals surface area contributed by atoms with Gasteiger partial charge in [0.2, 0.25) is 23.6 Å². The number of hydrogen-bond acceptors (Lipinski definition) is 7. The first-order chi connectivity index (χ1) is 32.6. The van der Waals surface area contributed by atoms with Crippen LogP contribution in [-0.4, -0.2) is 96.1 Å². The monoisotopic (exact) mass is 900 g/mol. The van der Waals surface area contributed by atoms with Gasteiger partial charge < -0.3 is 10.2 Å². The smallest absolute Gasteiger partial charge is 0.259 e. The molecule has 0 aromatic heterocycles. The van der Waals surface area contributed by atoms with E-state index in [0.29, 0.717) is 38.2 Å². The molecule has 2 atom stereocenters. The van der Waals surface area contributed by atoms with Crippen LogP contribution < -0.4 is 15.5 Å². The lowest BCUT2D eigenvalue weighted by Crippen LogP contribution is -2.53. The van der Waals surface area contributed by atoms with Crippen LogP contribution in [0.5, 0.6) is 0 Å². The number of nitrogens with zero attached hydrogens (tertiary/aromatic N) is 4. The summed E-state index contributed by atoms with van der Waals surface area (Å²) in [6, 6.07) is 28.6. The van der Waals surface area contributed by atoms with Gasteiger partial charge in [-0.3, -0.25) is 44.0 Å². The van der Waals surface area contributed by atoms with Crippen molar-refractivity contribution in [2.75, 3.05) is 50.7 Å². The minimum absolute atomic E-state index is 0.0345. The third kappa shape index (κ3) is 9.07. The number of carbonyl (C=O) groups excluding carboxylic acids is 5. The SMILES string of the molecule is CC(c1ccc(C#CC2CCN(C(=O)CN3CCC(c4ccc5c6c(cccc46)N(C4CCC(=O)NC4=O)C5=O)CC3)CC2)c2ccccc12)N1CCC(C(=O)NCc2cccc(F)c2)CC1.